The van der Waals surface area contributed by atoms with Gasteiger partial charge in [0.2, 0.25) is 0 Å². The highest BCUT2D eigenvalue weighted by Gasteiger charge is 2.29. The van der Waals surface area contributed by atoms with Gasteiger partial charge in [0.15, 0.2) is 0 Å². The van der Waals surface area contributed by atoms with Crippen molar-refractivity contribution in [1.29, 1.82) is 0 Å². The van der Waals surface area contributed by atoms with Gasteiger partial charge in [-0.05, 0) is 37.5 Å². The van der Waals surface area contributed by atoms with Gasteiger partial charge >= 0.3 is 0 Å². The predicted molar refractivity (Wildman–Crippen MR) is 86.5 cm³/mol. The Morgan fingerprint density at radius 3 is 2.60 bits per heavy atom. The fourth-order valence-corrected chi connectivity index (χ4v) is 3.66. The van der Waals surface area contributed by atoms with E-state index in [2.05, 4.69) is 46.2 Å². The summed E-state index contributed by atoms with van der Waals surface area (Å²) in [5.41, 5.74) is 7.09. The largest absolute Gasteiger partial charge is 0.359 e. The van der Waals surface area contributed by atoms with Crippen LogP contribution in [0.25, 0.3) is 10.9 Å². The molecular formula is C15H22N4S. The lowest BCUT2D eigenvalue weighted by molar-refractivity contribution is 0.119. The van der Waals surface area contributed by atoms with Crippen LogP contribution in [0.4, 0.5) is 5.00 Å². The maximum absolute atomic E-state index is 5.88. The Bertz CT molecular complexity index is 584. The number of rotatable bonds is 3. The number of aromatic nitrogens is 1. The quantitative estimate of drug-likeness (QED) is 0.941. The third-order valence-corrected chi connectivity index (χ3v) is 5.23. The average molecular weight is 290 g/mol. The van der Waals surface area contributed by atoms with Crippen LogP contribution in [0.1, 0.15) is 13.8 Å². The lowest BCUT2D eigenvalue weighted by Crippen LogP contribution is -2.57. The summed E-state index contributed by atoms with van der Waals surface area (Å²) < 4.78 is 4.54. The molecular weight excluding hydrogens is 268 g/mol. The van der Waals surface area contributed by atoms with Crippen LogP contribution < -0.4 is 10.6 Å². The van der Waals surface area contributed by atoms with E-state index in [1.54, 1.807) is 11.5 Å². The molecule has 0 radical (unpaired) electrons. The third-order valence-electron chi connectivity index (χ3n) is 4.29. The second-order valence-electron chi connectivity index (χ2n) is 6.00. The lowest BCUT2D eigenvalue weighted by atomic mass is 10.0. The SMILES string of the molecule is CC(C)(CN)N1CCN(c2snc3ccccc23)CC1. The van der Waals surface area contributed by atoms with Crippen molar-refractivity contribution in [2.24, 2.45) is 5.73 Å². The van der Waals surface area contributed by atoms with Crippen LogP contribution in [0.3, 0.4) is 0 Å². The van der Waals surface area contributed by atoms with Crippen molar-refractivity contribution in [1.82, 2.24) is 9.27 Å². The number of anilines is 1. The molecule has 1 saturated heterocycles. The molecule has 2 aromatic rings. The van der Waals surface area contributed by atoms with Crippen LogP contribution in [-0.4, -0.2) is 47.5 Å². The minimum absolute atomic E-state index is 0.0991. The maximum atomic E-state index is 5.88. The number of nitrogens with two attached hydrogens (primary N) is 1. The van der Waals surface area contributed by atoms with Gasteiger partial charge < -0.3 is 10.6 Å². The van der Waals surface area contributed by atoms with E-state index in [4.69, 9.17) is 5.73 Å². The van der Waals surface area contributed by atoms with Crippen molar-refractivity contribution >= 4 is 27.4 Å². The van der Waals surface area contributed by atoms with Gasteiger partial charge in [0.25, 0.3) is 0 Å². The van der Waals surface area contributed by atoms with Gasteiger partial charge in [-0.25, -0.2) is 0 Å². The van der Waals surface area contributed by atoms with E-state index in [0.717, 1.165) is 31.7 Å². The average Bonchev–Trinajstić information content (AvgIpc) is 2.91. The number of fused-ring (bicyclic) bond motifs is 1. The number of hydrogen-bond donors (Lipinski definition) is 1. The minimum Gasteiger partial charge on any atom is -0.359 e. The molecule has 1 fully saturated rings. The van der Waals surface area contributed by atoms with E-state index in [1.807, 2.05) is 6.07 Å². The lowest BCUT2D eigenvalue weighted by Gasteiger charge is -2.43. The van der Waals surface area contributed by atoms with Crippen LogP contribution in [0.15, 0.2) is 24.3 Å². The van der Waals surface area contributed by atoms with E-state index in [0.29, 0.717) is 6.54 Å². The highest BCUT2D eigenvalue weighted by atomic mass is 32.1. The Labute approximate surface area is 124 Å². The molecule has 0 spiro atoms. The zero-order valence-corrected chi connectivity index (χ0v) is 13.0. The summed E-state index contributed by atoms with van der Waals surface area (Å²) >= 11 is 1.62. The summed E-state index contributed by atoms with van der Waals surface area (Å²) in [7, 11) is 0. The number of piperazine rings is 1. The molecule has 0 saturated carbocycles. The van der Waals surface area contributed by atoms with Crippen LogP contribution in [0.2, 0.25) is 0 Å². The first kappa shape index (κ1) is 13.8. The van der Waals surface area contributed by atoms with E-state index in [1.165, 1.54) is 10.4 Å². The first-order valence-electron chi connectivity index (χ1n) is 7.16. The summed E-state index contributed by atoms with van der Waals surface area (Å²) in [5, 5.41) is 2.59. The minimum atomic E-state index is 0.0991. The Kier molecular flexibility index (Phi) is 3.67. The molecule has 2 N–H and O–H groups in total. The number of nitrogens with zero attached hydrogens (tertiary/aromatic N) is 3. The van der Waals surface area contributed by atoms with Gasteiger partial charge in [-0.1, -0.05) is 12.1 Å². The van der Waals surface area contributed by atoms with E-state index in [9.17, 15) is 0 Å². The van der Waals surface area contributed by atoms with Gasteiger partial charge in [0, 0.05) is 43.6 Å². The highest BCUT2D eigenvalue weighted by Crippen LogP contribution is 2.32. The molecule has 2 heterocycles. The molecule has 0 unspecified atom stereocenters. The van der Waals surface area contributed by atoms with Crippen molar-refractivity contribution in [3.8, 4) is 0 Å². The van der Waals surface area contributed by atoms with Crippen molar-refractivity contribution in [2.45, 2.75) is 19.4 Å². The molecule has 0 atom stereocenters. The van der Waals surface area contributed by atoms with Crippen LogP contribution in [0, 0.1) is 0 Å². The molecule has 4 nitrogen and oxygen atoms in total. The van der Waals surface area contributed by atoms with Crippen LogP contribution in [-0.2, 0) is 0 Å². The normalized spacial score (nSPS) is 17.9. The Morgan fingerprint density at radius 2 is 1.90 bits per heavy atom. The smallest absolute Gasteiger partial charge is 0.120 e. The van der Waals surface area contributed by atoms with Gasteiger partial charge in [0.05, 0.1) is 5.52 Å². The van der Waals surface area contributed by atoms with Crippen molar-refractivity contribution in [3.05, 3.63) is 24.3 Å². The second-order valence-corrected chi connectivity index (χ2v) is 6.75. The molecule has 108 valence electrons. The van der Waals surface area contributed by atoms with E-state index >= 15 is 0 Å². The molecule has 20 heavy (non-hydrogen) atoms. The van der Waals surface area contributed by atoms with Gasteiger partial charge in [-0.3, -0.25) is 4.90 Å². The molecule has 1 aliphatic heterocycles. The summed E-state index contributed by atoms with van der Waals surface area (Å²) in [6.07, 6.45) is 0. The second kappa shape index (κ2) is 5.31. The first-order valence-corrected chi connectivity index (χ1v) is 7.93. The van der Waals surface area contributed by atoms with Gasteiger partial charge in [-0.2, -0.15) is 4.37 Å². The molecule has 0 aliphatic carbocycles. The van der Waals surface area contributed by atoms with Crippen molar-refractivity contribution in [2.75, 3.05) is 37.6 Å². The number of hydrogen-bond acceptors (Lipinski definition) is 5. The fraction of sp³-hybridized carbons (Fsp3) is 0.533. The summed E-state index contributed by atoms with van der Waals surface area (Å²) in [5.74, 6) is 0. The zero-order chi connectivity index (χ0) is 14.2. The molecule has 0 amide bonds. The van der Waals surface area contributed by atoms with Gasteiger partial charge in [0.1, 0.15) is 5.00 Å². The predicted octanol–water partition coefficient (Wildman–Crippen LogP) is 2.16. The summed E-state index contributed by atoms with van der Waals surface area (Å²) in [6.45, 7) is 9.39. The van der Waals surface area contributed by atoms with E-state index < -0.39 is 0 Å². The topological polar surface area (TPSA) is 45.4 Å². The zero-order valence-electron chi connectivity index (χ0n) is 12.2. The Hall–Kier alpha value is -1.17. The van der Waals surface area contributed by atoms with Gasteiger partial charge in [-0.15, -0.1) is 0 Å². The summed E-state index contributed by atoms with van der Waals surface area (Å²) in [6, 6.07) is 8.40. The molecule has 1 aromatic heterocycles. The highest BCUT2D eigenvalue weighted by molar-refractivity contribution is 7.11. The Morgan fingerprint density at radius 1 is 1.20 bits per heavy atom. The summed E-state index contributed by atoms with van der Waals surface area (Å²) in [4.78, 5) is 4.95. The molecule has 0 bridgehead atoms. The number of benzene rings is 1. The molecule has 1 aromatic carbocycles. The van der Waals surface area contributed by atoms with Crippen molar-refractivity contribution < 1.29 is 0 Å². The van der Waals surface area contributed by atoms with Crippen molar-refractivity contribution in [3.63, 3.8) is 0 Å². The Balaban J connectivity index is 1.75. The molecule has 3 rings (SSSR count). The molecule has 5 heteroatoms. The maximum Gasteiger partial charge on any atom is 0.120 e. The standard InChI is InChI=1S/C15H22N4S/c1-15(2,11-16)19-9-7-18(8-10-19)14-12-5-3-4-6-13(12)17-20-14/h3-6H,7-11,16H2,1-2H3. The van der Waals surface area contributed by atoms with E-state index in [-0.39, 0.29) is 5.54 Å². The van der Waals surface area contributed by atoms with Crippen LogP contribution in [0.5, 0.6) is 0 Å². The first-order chi connectivity index (χ1) is 9.62. The third kappa shape index (κ3) is 2.41. The monoisotopic (exact) mass is 290 g/mol. The fourth-order valence-electron chi connectivity index (χ4n) is 2.75. The van der Waals surface area contributed by atoms with Crippen LogP contribution >= 0.6 is 11.5 Å². The molecule has 1 aliphatic rings.